The first-order valence-electron chi connectivity index (χ1n) is 12.5. The van der Waals surface area contributed by atoms with Crippen LogP contribution < -0.4 is 21.9 Å². The Kier molecular flexibility index (Phi) is 8.71. The number of nitrogens with one attached hydrogen (secondary N) is 3. The number of aromatic amines is 1. The van der Waals surface area contributed by atoms with Crippen LogP contribution in [0.4, 0.5) is 0 Å². The summed E-state index contributed by atoms with van der Waals surface area (Å²) >= 11 is 0. The summed E-state index contributed by atoms with van der Waals surface area (Å²) < 4.78 is 6.37. The minimum atomic E-state index is -1.70. The molecule has 0 saturated carbocycles. The number of benzene rings is 1. The second-order valence-corrected chi connectivity index (χ2v) is 9.33. The van der Waals surface area contributed by atoms with E-state index in [1.54, 1.807) is 29.2 Å². The van der Waals surface area contributed by atoms with Crippen molar-refractivity contribution < 1.29 is 29.3 Å². The largest absolute Gasteiger partial charge is 0.387 e. The lowest BCUT2D eigenvalue weighted by atomic mass is 10.0. The Morgan fingerprint density at radius 2 is 1.87 bits per heavy atom. The lowest BCUT2D eigenvalue weighted by Gasteiger charge is -2.22. The van der Waals surface area contributed by atoms with E-state index in [1.807, 2.05) is 11.1 Å². The Morgan fingerprint density at radius 1 is 1.11 bits per heavy atom. The van der Waals surface area contributed by atoms with Crippen LogP contribution >= 0.6 is 0 Å². The van der Waals surface area contributed by atoms with Crippen molar-refractivity contribution in [3.8, 4) is 0 Å². The highest BCUT2D eigenvalue weighted by atomic mass is 16.6. The van der Waals surface area contributed by atoms with Crippen molar-refractivity contribution in [1.82, 2.24) is 25.1 Å². The fourth-order valence-corrected chi connectivity index (χ4v) is 4.59. The molecule has 0 radical (unpaired) electrons. The van der Waals surface area contributed by atoms with Crippen LogP contribution in [0.15, 0.2) is 52.2 Å². The highest BCUT2D eigenvalue weighted by Gasteiger charge is 2.48. The molecule has 0 bridgehead atoms. The van der Waals surface area contributed by atoms with E-state index in [-0.39, 0.29) is 12.3 Å². The van der Waals surface area contributed by atoms with Gasteiger partial charge in [-0.15, -0.1) is 0 Å². The van der Waals surface area contributed by atoms with Crippen molar-refractivity contribution >= 4 is 17.7 Å². The van der Waals surface area contributed by atoms with E-state index in [0.717, 1.165) is 28.8 Å². The molecule has 2 fully saturated rings. The maximum absolute atomic E-state index is 13.1. The molecule has 1 aromatic heterocycles. The van der Waals surface area contributed by atoms with Gasteiger partial charge in [0.1, 0.15) is 18.2 Å². The van der Waals surface area contributed by atoms with Gasteiger partial charge in [0.15, 0.2) is 12.3 Å². The molecule has 4 rings (SSSR count). The molecule has 0 aliphatic carbocycles. The summed E-state index contributed by atoms with van der Waals surface area (Å²) in [5.41, 5.74) is -0.761. The third-order valence-electron chi connectivity index (χ3n) is 6.61. The quantitative estimate of drug-likeness (QED) is 0.219. The number of carbonyl (C=O) groups is 3. The monoisotopic (exact) mass is 529 g/mol. The third-order valence-corrected chi connectivity index (χ3v) is 6.61. The predicted molar refractivity (Wildman–Crippen MR) is 133 cm³/mol. The zero-order valence-electron chi connectivity index (χ0n) is 20.6. The van der Waals surface area contributed by atoms with Crippen molar-refractivity contribution in [3.05, 3.63) is 69.0 Å². The standard InChI is InChI=1S/C25H31N5O8/c31-17-9-13-30(25(37)28-17)24-20(34)19(33)21(38-24)23(36)27-16(14-15-6-2-1-3-7-15)22(35)26-10-5-12-29-11-4-8-18(29)32/h1-3,6-7,9,13,16,19-21,24,33-34H,4-5,8,10-12,14H2,(H,26,35)(H,27,36)(H,28,31,37)/t16-,19+,20-,21+,24-/m1/s1. The van der Waals surface area contributed by atoms with Crippen LogP contribution in [0.5, 0.6) is 0 Å². The molecule has 2 aliphatic heterocycles. The van der Waals surface area contributed by atoms with E-state index >= 15 is 0 Å². The molecule has 1 aromatic carbocycles. The number of aliphatic hydroxyl groups excluding tert-OH is 2. The second-order valence-electron chi connectivity index (χ2n) is 9.33. The van der Waals surface area contributed by atoms with Gasteiger partial charge >= 0.3 is 5.69 Å². The molecule has 0 unspecified atom stereocenters. The molecule has 3 amide bonds. The summed E-state index contributed by atoms with van der Waals surface area (Å²) in [6, 6.07) is 9.03. The number of hydrogen-bond donors (Lipinski definition) is 5. The van der Waals surface area contributed by atoms with Crippen molar-refractivity contribution in [3.63, 3.8) is 0 Å². The molecule has 0 spiro atoms. The first-order valence-corrected chi connectivity index (χ1v) is 12.5. The van der Waals surface area contributed by atoms with E-state index in [1.165, 1.54) is 0 Å². The zero-order chi connectivity index (χ0) is 27.2. The van der Waals surface area contributed by atoms with Crippen LogP contribution in [0.25, 0.3) is 0 Å². The Hall–Kier alpha value is -3.81. The molecule has 204 valence electrons. The number of nitrogens with zero attached hydrogens (tertiary/aromatic N) is 2. The molecule has 5 atom stereocenters. The Labute approximate surface area is 217 Å². The maximum atomic E-state index is 13.1. The zero-order valence-corrected chi connectivity index (χ0v) is 20.6. The molecular formula is C25H31N5O8. The number of carbonyl (C=O) groups excluding carboxylic acids is 3. The van der Waals surface area contributed by atoms with E-state index in [0.29, 0.717) is 32.5 Å². The average molecular weight is 530 g/mol. The summed E-state index contributed by atoms with van der Waals surface area (Å²) in [5, 5.41) is 26.3. The van der Waals surface area contributed by atoms with Crippen LogP contribution in [0.1, 0.15) is 31.1 Å². The van der Waals surface area contributed by atoms with Gasteiger partial charge in [-0.3, -0.25) is 28.7 Å². The minimum Gasteiger partial charge on any atom is -0.387 e. The number of H-pyrrole nitrogens is 1. The van der Waals surface area contributed by atoms with Crippen molar-refractivity contribution in [2.75, 3.05) is 19.6 Å². The molecule has 2 saturated heterocycles. The number of ether oxygens (including phenoxy) is 1. The van der Waals surface area contributed by atoms with Gasteiger partial charge in [0.25, 0.3) is 11.5 Å². The molecule has 2 aromatic rings. The summed E-state index contributed by atoms with van der Waals surface area (Å²) in [4.78, 5) is 65.1. The molecule has 5 N–H and O–H groups in total. The van der Waals surface area contributed by atoms with Gasteiger partial charge in [-0.2, -0.15) is 0 Å². The van der Waals surface area contributed by atoms with Crippen LogP contribution in [-0.4, -0.2) is 86.4 Å². The van der Waals surface area contributed by atoms with Crippen LogP contribution in [-0.2, 0) is 25.5 Å². The lowest BCUT2D eigenvalue weighted by molar-refractivity contribution is -0.141. The van der Waals surface area contributed by atoms with Crippen LogP contribution in [0, 0.1) is 0 Å². The van der Waals surface area contributed by atoms with E-state index in [4.69, 9.17) is 4.74 Å². The van der Waals surface area contributed by atoms with E-state index < -0.39 is 53.6 Å². The van der Waals surface area contributed by atoms with Crippen LogP contribution in [0.3, 0.4) is 0 Å². The number of hydrogen-bond acceptors (Lipinski definition) is 8. The summed E-state index contributed by atoms with van der Waals surface area (Å²) in [6.07, 6.45) is -3.20. The molecule has 13 heteroatoms. The third kappa shape index (κ3) is 6.36. The Morgan fingerprint density at radius 3 is 2.55 bits per heavy atom. The minimum absolute atomic E-state index is 0.102. The first kappa shape index (κ1) is 27.2. The van der Waals surface area contributed by atoms with Gasteiger partial charge in [-0.25, -0.2) is 4.79 Å². The molecule has 13 nitrogen and oxygen atoms in total. The highest BCUT2D eigenvalue weighted by molar-refractivity contribution is 5.90. The number of likely N-dealkylation sites (tertiary alicyclic amines) is 1. The molecular weight excluding hydrogens is 498 g/mol. The average Bonchev–Trinajstić information content (AvgIpc) is 3.44. The van der Waals surface area contributed by atoms with Gasteiger partial charge in [-0.05, 0) is 18.4 Å². The summed E-state index contributed by atoms with van der Waals surface area (Å²) in [5.74, 6) is -1.21. The first-order chi connectivity index (χ1) is 18.2. The highest BCUT2D eigenvalue weighted by Crippen LogP contribution is 2.28. The lowest BCUT2D eigenvalue weighted by Crippen LogP contribution is -2.53. The van der Waals surface area contributed by atoms with Gasteiger partial charge in [0.05, 0.1) is 0 Å². The number of rotatable bonds is 10. The summed E-state index contributed by atoms with van der Waals surface area (Å²) in [7, 11) is 0. The number of aromatic nitrogens is 2. The van der Waals surface area contributed by atoms with Crippen molar-refractivity contribution in [2.24, 2.45) is 0 Å². The SMILES string of the molecule is O=C(N[C@H](Cc1ccccc1)C(=O)NCCCN1CCCC1=O)[C@H]1O[C@@H](n2ccc(=O)[nH]c2=O)[C@H](O)[C@@H]1O. The second kappa shape index (κ2) is 12.2. The molecule has 2 aliphatic rings. The fourth-order valence-electron chi connectivity index (χ4n) is 4.59. The van der Waals surface area contributed by atoms with Gasteiger partial charge in [0.2, 0.25) is 11.8 Å². The van der Waals surface area contributed by atoms with E-state index in [9.17, 15) is 34.2 Å². The molecule has 3 heterocycles. The van der Waals surface area contributed by atoms with Gasteiger partial charge in [0, 0.05) is 44.7 Å². The van der Waals surface area contributed by atoms with E-state index in [2.05, 4.69) is 10.6 Å². The smallest absolute Gasteiger partial charge is 0.330 e. The fraction of sp³-hybridized carbons (Fsp3) is 0.480. The van der Waals surface area contributed by atoms with Crippen molar-refractivity contribution in [1.29, 1.82) is 0 Å². The topological polar surface area (TPSA) is 183 Å². The Balaban J connectivity index is 1.41. The van der Waals surface area contributed by atoms with Gasteiger partial charge < -0.3 is 30.5 Å². The molecule has 38 heavy (non-hydrogen) atoms. The predicted octanol–water partition coefficient (Wildman–Crippen LogP) is -1.99. The normalized spacial score (nSPS) is 23.8. The Bertz CT molecular complexity index is 1260. The summed E-state index contributed by atoms with van der Waals surface area (Å²) in [6.45, 7) is 1.53. The van der Waals surface area contributed by atoms with Gasteiger partial charge in [-0.1, -0.05) is 30.3 Å². The van der Waals surface area contributed by atoms with Crippen molar-refractivity contribution in [2.45, 2.75) is 56.3 Å². The number of aliphatic hydroxyl groups is 2. The maximum Gasteiger partial charge on any atom is 0.330 e. The van der Waals surface area contributed by atoms with Crippen LogP contribution in [0.2, 0.25) is 0 Å². The number of amides is 3.